The number of nitrogens with two attached hydrogens (primary N) is 1. The number of rotatable bonds is 9. The van der Waals surface area contributed by atoms with Gasteiger partial charge in [-0.3, -0.25) is 9.79 Å². The van der Waals surface area contributed by atoms with E-state index in [0.717, 1.165) is 17.6 Å². The van der Waals surface area contributed by atoms with Crippen molar-refractivity contribution in [3.63, 3.8) is 0 Å². The Balaban J connectivity index is 4.31. The Morgan fingerprint density at radius 1 is 1.17 bits per heavy atom. The van der Waals surface area contributed by atoms with Gasteiger partial charge in [-0.05, 0) is 33.1 Å². The molecule has 0 aliphatic heterocycles. The molecule has 0 rings (SSSR count). The minimum absolute atomic E-state index is 0.111. The summed E-state index contributed by atoms with van der Waals surface area (Å²) < 4.78 is 5.06. The number of carbonyl (C=O) groups is 2. The van der Waals surface area contributed by atoms with Crippen molar-refractivity contribution < 1.29 is 14.3 Å². The summed E-state index contributed by atoms with van der Waals surface area (Å²) in [4.78, 5) is 27.2. The predicted octanol–water partition coefficient (Wildman–Crippen LogP) is 2.13. The van der Waals surface area contributed by atoms with E-state index in [-0.39, 0.29) is 18.3 Å². The third-order valence-corrected chi connectivity index (χ3v) is 3.22. The van der Waals surface area contributed by atoms with Gasteiger partial charge in [0.1, 0.15) is 6.10 Å². The van der Waals surface area contributed by atoms with Gasteiger partial charge in [0, 0.05) is 12.1 Å². The van der Waals surface area contributed by atoms with Crippen LogP contribution in [-0.4, -0.2) is 36.9 Å². The number of nitrogens with one attached hydrogen (secondary N) is 1. The molecule has 2 unspecified atom stereocenters. The third kappa shape index (κ3) is 8.92. The van der Waals surface area contributed by atoms with Gasteiger partial charge in [0.15, 0.2) is 5.84 Å². The van der Waals surface area contributed by atoms with Gasteiger partial charge in [0.2, 0.25) is 0 Å². The Morgan fingerprint density at radius 2 is 1.75 bits per heavy atom. The van der Waals surface area contributed by atoms with E-state index >= 15 is 0 Å². The Bertz CT molecular complexity index is 550. The van der Waals surface area contributed by atoms with E-state index in [2.05, 4.69) is 30.0 Å². The van der Waals surface area contributed by atoms with Gasteiger partial charge in [-0.1, -0.05) is 37.8 Å². The Morgan fingerprint density at radius 3 is 2.25 bits per heavy atom. The standard InChI is InChI=1S/C18H29N3O3/c1-11(2)14(6)8-13(5)9-21-17(22)16(19)20-10-15(7)24-18(23)12(3)4/h13,15H,1,3,6,8-10H2,2,4-5,7H3,(H2,19,20)(H,21,22). The first kappa shape index (κ1) is 21.6. The molecule has 134 valence electrons. The van der Waals surface area contributed by atoms with Crippen LogP contribution in [0.2, 0.25) is 0 Å². The van der Waals surface area contributed by atoms with E-state index in [4.69, 9.17) is 10.5 Å². The lowest BCUT2D eigenvalue weighted by Gasteiger charge is -2.14. The summed E-state index contributed by atoms with van der Waals surface area (Å²) in [5, 5.41) is 2.72. The van der Waals surface area contributed by atoms with E-state index < -0.39 is 18.0 Å². The second-order valence-corrected chi connectivity index (χ2v) is 6.13. The molecular formula is C18H29N3O3. The molecular weight excluding hydrogens is 306 g/mol. The van der Waals surface area contributed by atoms with E-state index in [1.165, 1.54) is 0 Å². The smallest absolute Gasteiger partial charge is 0.333 e. The maximum Gasteiger partial charge on any atom is 0.333 e. The molecule has 0 bridgehead atoms. The van der Waals surface area contributed by atoms with Crippen LogP contribution in [0, 0.1) is 5.92 Å². The van der Waals surface area contributed by atoms with Crippen molar-refractivity contribution in [3.8, 4) is 0 Å². The molecule has 0 aliphatic carbocycles. The zero-order valence-corrected chi connectivity index (χ0v) is 15.1. The normalized spacial score (nSPS) is 13.6. The Hall–Kier alpha value is -2.37. The summed E-state index contributed by atoms with van der Waals surface area (Å²) in [6.07, 6.45) is 0.263. The van der Waals surface area contributed by atoms with E-state index in [1.807, 2.05) is 13.8 Å². The first-order chi connectivity index (χ1) is 11.0. The second-order valence-electron chi connectivity index (χ2n) is 6.13. The molecule has 0 aromatic rings. The van der Waals surface area contributed by atoms with Gasteiger partial charge >= 0.3 is 5.97 Å². The van der Waals surface area contributed by atoms with Crippen molar-refractivity contribution in [2.24, 2.45) is 16.6 Å². The molecule has 0 aliphatic rings. The molecule has 0 radical (unpaired) electrons. The van der Waals surface area contributed by atoms with E-state index in [1.54, 1.807) is 13.8 Å². The summed E-state index contributed by atoms with van der Waals surface area (Å²) in [6.45, 7) is 19.0. The summed E-state index contributed by atoms with van der Waals surface area (Å²) >= 11 is 0. The maximum absolute atomic E-state index is 11.9. The van der Waals surface area contributed by atoms with Crippen LogP contribution in [-0.2, 0) is 14.3 Å². The van der Waals surface area contributed by atoms with Crippen LogP contribution in [0.4, 0.5) is 0 Å². The van der Waals surface area contributed by atoms with Gasteiger partial charge in [-0.2, -0.15) is 0 Å². The molecule has 0 saturated carbocycles. The Kier molecular flexibility index (Phi) is 9.38. The summed E-state index contributed by atoms with van der Waals surface area (Å²) in [5.74, 6) is -0.867. The van der Waals surface area contributed by atoms with Crippen molar-refractivity contribution in [2.45, 2.75) is 40.2 Å². The van der Waals surface area contributed by atoms with Gasteiger partial charge in [0.05, 0.1) is 6.54 Å². The molecule has 0 aromatic carbocycles. The van der Waals surface area contributed by atoms with Gasteiger partial charge in [-0.15, -0.1) is 0 Å². The van der Waals surface area contributed by atoms with Gasteiger partial charge in [0.25, 0.3) is 5.91 Å². The number of hydrogen-bond acceptors (Lipinski definition) is 4. The number of nitrogens with zero attached hydrogens (tertiary/aromatic N) is 1. The number of esters is 1. The lowest BCUT2D eigenvalue weighted by atomic mass is 9.98. The van der Waals surface area contributed by atoms with Crippen LogP contribution in [0.1, 0.15) is 34.1 Å². The summed E-state index contributed by atoms with van der Waals surface area (Å²) in [7, 11) is 0. The number of amides is 1. The molecule has 2 atom stereocenters. The van der Waals surface area contributed by atoms with Crippen molar-refractivity contribution in [3.05, 3.63) is 36.5 Å². The highest BCUT2D eigenvalue weighted by Gasteiger charge is 2.13. The van der Waals surface area contributed by atoms with Crippen molar-refractivity contribution >= 4 is 17.7 Å². The van der Waals surface area contributed by atoms with Crippen molar-refractivity contribution in [1.82, 2.24) is 5.32 Å². The van der Waals surface area contributed by atoms with Gasteiger partial charge in [-0.25, -0.2) is 4.79 Å². The molecule has 0 spiro atoms. The molecule has 6 nitrogen and oxygen atoms in total. The molecule has 0 aromatic heterocycles. The van der Waals surface area contributed by atoms with Crippen LogP contribution in [0.25, 0.3) is 0 Å². The highest BCUT2D eigenvalue weighted by molar-refractivity contribution is 6.37. The highest BCUT2D eigenvalue weighted by atomic mass is 16.5. The fourth-order valence-electron chi connectivity index (χ4n) is 1.64. The first-order valence-corrected chi connectivity index (χ1v) is 7.82. The zero-order valence-electron chi connectivity index (χ0n) is 15.1. The molecule has 3 N–H and O–H groups in total. The number of allylic oxidation sites excluding steroid dienone is 2. The van der Waals surface area contributed by atoms with E-state index in [9.17, 15) is 9.59 Å². The largest absolute Gasteiger partial charge is 0.457 e. The quantitative estimate of drug-likeness (QED) is 0.222. The van der Waals surface area contributed by atoms with Crippen LogP contribution < -0.4 is 11.1 Å². The minimum atomic E-state index is -0.493. The number of carbonyl (C=O) groups excluding carboxylic acids is 2. The first-order valence-electron chi connectivity index (χ1n) is 7.82. The third-order valence-electron chi connectivity index (χ3n) is 3.22. The van der Waals surface area contributed by atoms with Crippen LogP contribution in [0.15, 0.2) is 41.4 Å². The SMILES string of the molecule is C=C(C)C(=C)CC(C)CNC(=O)C(N)=NCC(C)OC(=O)C(=C)C. The summed E-state index contributed by atoms with van der Waals surface area (Å²) in [6, 6.07) is 0. The lowest BCUT2D eigenvalue weighted by molar-refractivity contribution is -0.142. The molecule has 24 heavy (non-hydrogen) atoms. The Labute approximate surface area is 144 Å². The molecule has 0 fully saturated rings. The predicted molar refractivity (Wildman–Crippen MR) is 97.6 cm³/mol. The molecule has 0 heterocycles. The fourth-order valence-corrected chi connectivity index (χ4v) is 1.64. The number of ether oxygens (including phenoxy) is 1. The number of aliphatic imine (C=N–C) groups is 1. The molecule has 1 amide bonds. The summed E-state index contributed by atoms with van der Waals surface area (Å²) in [5.41, 5.74) is 7.85. The zero-order chi connectivity index (χ0) is 18.9. The van der Waals surface area contributed by atoms with Crippen LogP contribution in [0.3, 0.4) is 0 Å². The average molecular weight is 335 g/mol. The number of amidine groups is 1. The van der Waals surface area contributed by atoms with Crippen molar-refractivity contribution in [2.75, 3.05) is 13.1 Å². The average Bonchev–Trinajstić information content (AvgIpc) is 2.49. The maximum atomic E-state index is 11.9. The fraction of sp³-hybridized carbons (Fsp3) is 0.500. The second kappa shape index (κ2) is 10.4. The topological polar surface area (TPSA) is 93.8 Å². The van der Waals surface area contributed by atoms with Gasteiger partial charge < -0.3 is 15.8 Å². The highest BCUT2D eigenvalue weighted by Crippen LogP contribution is 2.14. The van der Waals surface area contributed by atoms with Crippen LogP contribution >= 0.6 is 0 Å². The molecule has 6 heteroatoms. The minimum Gasteiger partial charge on any atom is -0.457 e. The van der Waals surface area contributed by atoms with Crippen LogP contribution in [0.5, 0.6) is 0 Å². The van der Waals surface area contributed by atoms with E-state index in [0.29, 0.717) is 12.1 Å². The number of hydrogen-bond donors (Lipinski definition) is 2. The monoisotopic (exact) mass is 335 g/mol. The lowest BCUT2D eigenvalue weighted by Crippen LogP contribution is -2.39. The van der Waals surface area contributed by atoms with Crippen molar-refractivity contribution in [1.29, 1.82) is 0 Å². The molecule has 0 saturated heterocycles.